The molecular formula is C13H13N3O4S. The number of aromatic nitrogens is 2. The van der Waals surface area contributed by atoms with Gasteiger partial charge in [-0.2, -0.15) is 0 Å². The average molecular weight is 307 g/mol. The Hall–Kier alpha value is -2.48. The van der Waals surface area contributed by atoms with Gasteiger partial charge in [-0.05, 0) is 12.1 Å². The van der Waals surface area contributed by atoms with Crippen molar-refractivity contribution in [2.24, 2.45) is 0 Å². The summed E-state index contributed by atoms with van der Waals surface area (Å²) in [4.78, 5) is 31.4. The smallest absolute Gasteiger partial charge is 0.311 e. The minimum absolute atomic E-state index is 0.0685. The van der Waals surface area contributed by atoms with Gasteiger partial charge in [0.1, 0.15) is 5.56 Å². The normalized spacial score (nSPS) is 10.0. The number of methoxy groups -OCH3 is 2. The van der Waals surface area contributed by atoms with E-state index in [1.807, 2.05) is 0 Å². The van der Waals surface area contributed by atoms with Crippen molar-refractivity contribution in [1.29, 1.82) is 0 Å². The van der Waals surface area contributed by atoms with E-state index in [2.05, 4.69) is 20.0 Å². The first-order chi connectivity index (χ1) is 10.1. The summed E-state index contributed by atoms with van der Waals surface area (Å²) in [5, 5.41) is 4.72. The molecule has 8 heteroatoms. The molecule has 1 amide bonds. The van der Waals surface area contributed by atoms with Gasteiger partial charge in [0.2, 0.25) is 5.88 Å². The second kappa shape index (κ2) is 6.80. The molecule has 2 aromatic rings. The van der Waals surface area contributed by atoms with Crippen molar-refractivity contribution >= 4 is 28.3 Å². The number of carbonyl (C=O) groups is 2. The van der Waals surface area contributed by atoms with Crippen LogP contribution in [0.1, 0.15) is 16.1 Å². The van der Waals surface area contributed by atoms with Crippen molar-refractivity contribution in [3.63, 3.8) is 0 Å². The van der Waals surface area contributed by atoms with Crippen LogP contribution in [0.2, 0.25) is 0 Å². The summed E-state index contributed by atoms with van der Waals surface area (Å²) in [6, 6.07) is 3.24. The van der Waals surface area contributed by atoms with Gasteiger partial charge in [0.15, 0.2) is 5.13 Å². The van der Waals surface area contributed by atoms with E-state index in [4.69, 9.17) is 4.74 Å². The van der Waals surface area contributed by atoms with Crippen molar-refractivity contribution < 1.29 is 19.1 Å². The van der Waals surface area contributed by atoms with Crippen molar-refractivity contribution in [2.45, 2.75) is 6.42 Å². The van der Waals surface area contributed by atoms with E-state index < -0.39 is 0 Å². The van der Waals surface area contributed by atoms with Gasteiger partial charge in [0, 0.05) is 11.6 Å². The number of anilines is 1. The van der Waals surface area contributed by atoms with E-state index >= 15 is 0 Å². The molecule has 0 spiro atoms. The molecule has 0 saturated carbocycles. The monoisotopic (exact) mass is 307 g/mol. The maximum absolute atomic E-state index is 12.1. The first-order valence-corrected chi connectivity index (χ1v) is 6.83. The number of amides is 1. The highest BCUT2D eigenvalue weighted by atomic mass is 32.1. The summed E-state index contributed by atoms with van der Waals surface area (Å²) in [5.41, 5.74) is 0.852. The number of carbonyl (C=O) groups excluding carboxylic acids is 2. The van der Waals surface area contributed by atoms with Gasteiger partial charge in [-0.25, -0.2) is 9.97 Å². The Morgan fingerprint density at radius 2 is 2.19 bits per heavy atom. The van der Waals surface area contributed by atoms with E-state index in [1.165, 1.54) is 31.8 Å². The summed E-state index contributed by atoms with van der Waals surface area (Å²) in [7, 11) is 2.75. The van der Waals surface area contributed by atoms with Gasteiger partial charge >= 0.3 is 5.97 Å². The molecule has 0 unspecified atom stereocenters. The topological polar surface area (TPSA) is 90.4 Å². The zero-order valence-corrected chi connectivity index (χ0v) is 12.3. The fraction of sp³-hybridized carbons (Fsp3) is 0.231. The minimum atomic E-state index is -0.382. The van der Waals surface area contributed by atoms with Gasteiger partial charge in [-0.15, -0.1) is 11.3 Å². The molecule has 0 bridgehead atoms. The number of pyridine rings is 1. The summed E-state index contributed by atoms with van der Waals surface area (Å²) < 4.78 is 9.58. The Balaban J connectivity index is 2.08. The van der Waals surface area contributed by atoms with Crippen LogP contribution >= 0.6 is 11.3 Å². The number of hydrogen-bond acceptors (Lipinski definition) is 7. The molecule has 2 aromatic heterocycles. The Morgan fingerprint density at radius 3 is 2.90 bits per heavy atom. The maximum atomic E-state index is 12.1. The Labute approximate surface area is 124 Å². The molecule has 0 aliphatic rings. The Kier molecular flexibility index (Phi) is 4.83. The molecule has 110 valence electrons. The molecule has 0 atom stereocenters. The molecule has 0 radical (unpaired) electrons. The highest BCUT2D eigenvalue weighted by molar-refractivity contribution is 7.14. The summed E-state index contributed by atoms with van der Waals surface area (Å²) in [6.07, 6.45) is 1.60. The molecule has 0 aliphatic heterocycles. The highest BCUT2D eigenvalue weighted by Gasteiger charge is 2.15. The predicted octanol–water partition coefficient (Wildman–Crippen LogP) is 1.51. The van der Waals surface area contributed by atoms with E-state index in [0.29, 0.717) is 16.4 Å². The van der Waals surface area contributed by atoms with Gasteiger partial charge in [-0.3, -0.25) is 14.9 Å². The fourth-order valence-corrected chi connectivity index (χ4v) is 2.26. The molecule has 21 heavy (non-hydrogen) atoms. The van der Waals surface area contributed by atoms with Crippen molar-refractivity contribution in [1.82, 2.24) is 9.97 Å². The number of nitrogens with zero attached hydrogens (tertiary/aromatic N) is 2. The van der Waals surface area contributed by atoms with Crippen LogP contribution in [-0.4, -0.2) is 36.1 Å². The number of nitrogens with one attached hydrogen (secondary N) is 1. The van der Waals surface area contributed by atoms with Crippen LogP contribution in [0.3, 0.4) is 0 Å². The lowest BCUT2D eigenvalue weighted by Gasteiger charge is -2.05. The first kappa shape index (κ1) is 14.9. The van der Waals surface area contributed by atoms with Gasteiger partial charge < -0.3 is 9.47 Å². The second-order valence-corrected chi connectivity index (χ2v) is 4.77. The third-order valence-electron chi connectivity index (χ3n) is 2.53. The van der Waals surface area contributed by atoms with Crippen molar-refractivity contribution in [2.75, 3.05) is 19.5 Å². The van der Waals surface area contributed by atoms with Crippen molar-refractivity contribution in [3.8, 4) is 5.88 Å². The lowest BCUT2D eigenvalue weighted by molar-refractivity contribution is -0.139. The fourth-order valence-electron chi connectivity index (χ4n) is 1.56. The first-order valence-electron chi connectivity index (χ1n) is 5.95. The van der Waals surface area contributed by atoms with Crippen LogP contribution in [0.5, 0.6) is 5.88 Å². The zero-order chi connectivity index (χ0) is 15.2. The average Bonchev–Trinajstić information content (AvgIpc) is 2.93. The predicted molar refractivity (Wildman–Crippen MR) is 76.6 cm³/mol. The molecule has 0 aromatic carbocycles. The number of hydrogen-bond donors (Lipinski definition) is 1. The van der Waals surface area contributed by atoms with Gasteiger partial charge in [0.05, 0.1) is 26.3 Å². The molecule has 1 N–H and O–H groups in total. The van der Waals surface area contributed by atoms with E-state index in [9.17, 15) is 9.59 Å². The Morgan fingerprint density at radius 1 is 1.38 bits per heavy atom. The SMILES string of the molecule is COC(=O)Cc1csc(NC(=O)c2cccnc2OC)n1. The third kappa shape index (κ3) is 3.76. The third-order valence-corrected chi connectivity index (χ3v) is 3.34. The second-order valence-electron chi connectivity index (χ2n) is 3.91. The number of thiazole rings is 1. The molecule has 2 rings (SSSR count). The van der Waals surface area contributed by atoms with Crippen LogP contribution in [-0.2, 0) is 16.0 Å². The molecular weight excluding hydrogens is 294 g/mol. The number of esters is 1. The summed E-state index contributed by atoms with van der Waals surface area (Å²) in [5.74, 6) is -0.521. The van der Waals surface area contributed by atoms with Gasteiger partial charge in [0.25, 0.3) is 5.91 Å². The van der Waals surface area contributed by atoms with E-state index in [0.717, 1.165) is 0 Å². The number of ether oxygens (including phenoxy) is 2. The highest BCUT2D eigenvalue weighted by Crippen LogP contribution is 2.19. The molecule has 7 nitrogen and oxygen atoms in total. The lowest BCUT2D eigenvalue weighted by Crippen LogP contribution is -2.13. The molecule has 0 aliphatic carbocycles. The van der Waals surface area contributed by atoms with Crippen LogP contribution in [0.15, 0.2) is 23.7 Å². The Bertz CT molecular complexity index is 656. The maximum Gasteiger partial charge on any atom is 0.311 e. The largest absolute Gasteiger partial charge is 0.480 e. The molecule has 0 saturated heterocycles. The van der Waals surface area contributed by atoms with Gasteiger partial charge in [-0.1, -0.05) is 0 Å². The van der Waals surface area contributed by atoms with Crippen molar-refractivity contribution in [3.05, 3.63) is 35.0 Å². The number of rotatable bonds is 5. The standard InChI is InChI=1S/C13H13N3O4S/c1-19-10(17)6-8-7-21-13(15-8)16-11(18)9-4-3-5-14-12(9)20-2/h3-5,7H,6H2,1-2H3,(H,15,16,18). The summed E-state index contributed by atoms with van der Waals surface area (Å²) >= 11 is 1.23. The van der Waals surface area contributed by atoms with Crippen LogP contribution < -0.4 is 10.1 Å². The quantitative estimate of drug-likeness (QED) is 0.842. The van der Waals surface area contributed by atoms with E-state index in [1.54, 1.807) is 17.5 Å². The van der Waals surface area contributed by atoms with Crippen LogP contribution in [0.25, 0.3) is 0 Å². The molecule has 0 fully saturated rings. The lowest BCUT2D eigenvalue weighted by atomic mass is 10.2. The molecule has 2 heterocycles. The van der Waals surface area contributed by atoms with Crippen LogP contribution in [0, 0.1) is 0 Å². The zero-order valence-electron chi connectivity index (χ0n) is 11.5. The van der Waals surface area contributed by atoms with E-state index in [-0.39, 0.29) is 24.2 Å². The van der Waals surface area contributed by atoms with Crippen LogP contribution in [0.4, 0.5) is 5.13 Å². The summed E-state index contributed by atoms with van der Waals surface area (Å²) in [6.45, 7) is 0. The minimum Gasteiger partial charge on any atom is -0.480 e.